The number of halogens is 1. The number of benzene rings is 1. The quantitative estimate of drug-likeness (QED) is 0.698. The maximum Gasteiger partial charge on any atom is 0.129 e. The van der Waals surface area contributed by atoms with E-state index >= 15 is 0 Å². The molecule has 4 nitrogen and oxygen atoms in total. The Morgan fingerprint density at radius 2 is 2.18 bits per heavy atom. The Morgan fingerprint density at radius 3 is 3.00 bits per heavy atom. The lowest BCUT2D eigenvalue weighted by Crippen LogP contribution is -1.97. The molecule has 3 rings (SSSR count). The average Bonchev–Trinajstić information content (AvgIpc) is 2.74. The van der Waals surface area contributed by atoms with Gasteiger partial charge in [0.15, 0.2) is 0 Å². The van der Waals surface area contributed by atoms with E-state index in [1.165, 1.54) is 4.88 Å². The van der Waals surface area contributed by atoms with Gasteiger partial charge in [0, 0.05) is 32.1 Å². The van der Waals surface area contributed by atoms with Crippen molar-refractivity contribution in [2.75, 3.05) is 6.61 Å². The highest BCUT2D eigenvalue weighted by Crippen LogP contribution is 2.37. The van der Waals surface area contributed by atoms with Crippen molar-refractivity contribution in [3.05, 3.63) is 33.1 Å². The van der Waals surface area contributed by atoms with E-state index in [2.05, 4.69) is 27.0 Å². The van der Waals surface area contributed by atoms with Crippen molar-refractivity contribution in [3.63, 3.8) is 0 Å². The number of rotatable bonds is 0. The van der Waals surface area contributed by atoms with Gasteiger partial charge >= 0.3 is 0 Å². The average molecular weight is 310 g/mol. The van der Waals surface area contributed by atoms with Crippen LogP contribution in [-0.4, -0.2) is 11.6 Å². The first kappa shape index (κ1) is 12.0. The molecule has 1 aliphatic heterocycles. The molecule has 0 amide bonds. The van der Waals surface area contributed by atoms with E-state index in [1.807, 2.05) is 17.6 Å². The highest BCUT2D eigenvalue weighted by molar-refractivity contribution is 9.10. The van der Waals surface area contributed by atoms with Crippen LogP contribution in [0.3, 0.4) is 0 Å². The first-order chi connectivity index (χ1) is 8.34. The molecule has 1 aromatic heterocycles. The molecule has 86 valence electrons. The predicted molar refractivity (Wildman–Crippen MR) is 67.9 cm³/mol. The van der Waals surface area contributed by atoms with Crippen LogP contribution < -0.4 is 4.74 Å². The number of hydrogen-bond acceptors (Lipinski definition) is 5. The van der Waals surface area contributed by atoms with Crippen LogP contribution in [0.25, 0.3) is 11.3 Å². The third-order valence-corrected chi connectivity index (χ3v) is 3.81. The normalized spacial score (nSPS) is 12.2. The third kappa shape index (κ3) is 2.30. The molecular weight excluding hydrogens is 302 g/mol. The van der Waals surface area contributed by atoms with Gasteiger partial charge in [-0.05, 0) is 18.2 Å². The Labute approximate surface area is 111 Å². The van der Waals surface area contributed by atoms with Gasteiger partial charge < -0.3 is 4.74 Å². The maximum absolute atomic E-state index is 6.00. The van der Waals surface area contributed by atoms with Crippen LogP contribution in [0.15, 0.2) is 28.2 Å². The van der Waals surface area contributed by atoms with Crippen LogP contribution in [0.2, 0.25) is 0 Å². The molecule has 1 aliphatic rings. The van der Waals surface area contributed by atoms with Crippen LogP contribution in [0.4, 0.5) is 0 Å². The molecular formula is C11H8BrN3OS. The number of ether oxygens (including phenoxy) is 1. The predicted octanol–water partition coefficient (Wildman–Crippen LogP) is 3.54. The van der Waals surface area contributed by atoms with Crippen molar-refractivity contribution in [2.45, 2.75) is 6.42 Å². The Kier molecular flexibility index (Phi) is 3.71. The number of nitrogens with zero attached hydrogens (tertiary/aromatic N) is 3. The van der Waals surface area contributed by atoms with Gasteiger partial charge in [-0.3, -0.25) is 0 Å². The van der Waals surface area contributed by atoms with E-state index in [0.717, 1.165) is 34.5 Å². The minimum atomic E-state index is 0.735. The molecule has 0 bridgehead atoms. The highest BCUT2D eigenvalue weighted by atomic mass is 79.9. The number of aromatic nitrogens is 1. The van der Waals surface area contributed by atoms with E-state index in [9.17, 15) is 0 Å². The van der Waals surface area contributed by atoms with Crippen molar-refractivity contribution in [1.29, 1.82) is 10.8 Å². The lowest BCUT2D eigenvalue weighted by Gasteiger charge is -2.06. The Morgan fingerprint density at radius 1 is 1.35 bits per heavy atom. The van der Waals surface area contributed by atoms with Crippen LogP contribution in [0.1, 0.15) is 4.88 Å². The van der Waals surface area contributed by atoms with Crippen LogP contribution in [0.5, 0.6) is 5.75 Å². The first-order valence-corrected chi connectivity index (χ1v) is 6.57. The fourth-order valence-electron chi connectivity index (χ4n) is 1.73. The van der Waals surface area contributed by atoms with Crippen LogP contribution in [-0.2, 0) is 6.42 Å². The summed E-state index contributed by atoms with van der Waals surface area (Å²) in [5.41, 5.74) is 4.09. The lowest BCUT2D eigenvalue weighted by atomic mass is 10.1. The van der Waals surface area contributed by atoms with Crippen LogP contribution >= 0.6 is 27.3 Å². The summed E-state index contributed by atoms with van der Waals surface area (Å²) < 4.78 is 6.75. The van der Waals surface area contributed by atoms with E-state index in [-0.39, 0.29) is 0 Å². The third-order valence-electron chi connectivity index (χ3n) is 2.43. The lowest BCUT2D eigenvalue weighted by molar-refractivity contribution is 0.327. The van der Waals surface area contributed by atoms with Gasteiger partial charge in [-0.25, -0.2) is 4.98 Å². The van der Waals surface area contributed by atoms with E-state index in [0.29, 0.717) is 0 Å². The van der Waals surface area contributed by atoms with Crippen LogP contribution in [0, 0.1) is 10.8 Å². The van der Waals surface area contributed by atoms with Crippen molar-refractivity contribution in [2.24, 2.45) is 0 Å². The fourth-order valence-corrected chi connectivity index (χ4v) is 2.83. The minimum Gasteiger partial charge on any atom is -0.492 e. The van der Waals surface area contributed by atoms with Gasteiger partial charge in [0.25, 0.3) is 0 Å². The molecule has 0 spiro atoms. The zero-order chi connectivity index (χ0) is 12.3. The number of fused-ring (bicyclic) bond motifs is 3. The van der Waals surface area contributed by atoms with Crippen molar-refractivity contribution < 1.29 is 4.74 Å². The van der Waals surface area contributed by atoms with Crippen molar-refractivity contribution >= 4 is 27.3 Å². The molecule has 17 heavy (non-hydrogen) atoms. The second-order valence-electron chi connectivity index (χ2n) is 3.36. The maximum atomic E-state index is 6.00. The molecule has 2 aromatic rings. The summed E-state index contributed by atoms with van der Waals surface area (Å²) in [6, 6.07) is 6.09. The van der Waals surface area contributed by atoms with Crippen molar-refractivity contribution in [3.8, 4) is 17.0 Å². The van der Waals surface area contributed by atoms with E-state index in [1.54, 1.807) is 11.3 Å². The van der Waals surface area contributed by atoms with Gasteiger partial charge in [0.2, 0.25) is 0 Å². The molecule has 0 saturated heterocycles. The Bertz CT molecular complexity index is 553. The molecule has 6 heteroatoms. The first-order valence-electron chi connectivity index (χ1n) is 4.90. The zero-order valence-corrected chi connectivity index (χ0v) is 11.2. The van der Waals surface area contributed by atoms with Gasteiger partial charge in [0.05, 0.1) is 17.8 Å². The second kappa shape index (κ2) is 5.25. The molecule has 0 aliphatic carbocycles. The van der Waals surface area contributed by atoms with Gasteiger partial charge in [0.1, 0.15) is 5.75 Å². The Hall–Kier alpha value is -1.45. The summed E-state index contributed by atoms with van der Waals surface area (Å²) in [4.78, 5) is 5.73. The topological polar surface area (TPSA) is 69.7 Å². The van der Waals surface area contributed by atoms with Crippen molar-refractivity contribution in [1.82, 2.24) is 4.98 Å². The monoisotopic (exact) mass is 309 g/mol. The van der Waals surface area contributed by atoms with E-state index in [4.69, 9.17) is 15.5 Å². The number of hydrogen-bond donors (Lipinski definition) is 0. The summed E-state index contributed by atoms with van der Waals surface area (Å²) >= 11 is 5.15. The highest BCUT2D eigenvalue weighted by Gasteiger charge is 2.17. The summed E-state index contributed by atoms with van der Waals surface area (Å²) in [5, 5.41) is 12.0. The van der Waals surface area contributed by atoms with Gasteiger partial charge in [-0.15, -0.1) is 11.3 Å². The van der Waals surface area contributed by atoms with E-state index < -0.39 is 0 Å². The number of thiazole rings is 1. The molecule has 0 saturated carbocycles. The van der Waals surface area contributed by atoms with Gasteiger partial charge in [-0.2, -0.15) is 0 Å². The Balaban J connectivity index is 0.000000514. The second-order valence-corrected chi connectivity index (χ2v) is 5.22. The smallest absolute Gasteiger partial charge is 0.129 e. The molecule has 0 fully saturated rings. The minimum absolute atomic E-state index is 0.735. The SMILES string of the molecule is Brc1ccc2c(c1)OCCc1scnc1-2.N#N. The molecule has 2 heterocycles. The zero-order valence-electron chi connectivity index (χ0n) is 8.76. The molecule has 1 aromatic carbocycles. The standard InChI is InChI=1S/C11H8BrNOS.N2/c12-7-1-2-8-9(5-7)14-4-3-10-11(8)13-6-15-10;1-2/h1-2,5-6H,3-4H2;. The summed E-state index contributed by atoms with van der Waals surface area (Å²) in [6.45, 7) is 0.735. The largest absolute Gasteiger partial charge is 0.492 e. The molecule has 0 unspecified atom stereocenters. The summed E-state index contributed by atoms with van der Waals surface area (Å²) in [5.74, 6) is 0.925. The summed E-state index contributed by atoms with van der Waals surface area (Å²) in [7, 11) is 0. The molecule has 0 N–H and O–H groups in total. The molecule has 0 radical (unpaired) electrons. The molecule has 0 atom stereocenters. The van der Waals surface area contributed by atoms with Gasteiger partial charge in [-0.1, -0.05) is 15.9 Å². The fraction of sp³-hybridized carbons (Fsp3) is 0.182. The summed E-state index contributed by atoms with van der Waals surface area (Å²) in [6.07, 6.45) is 0.951.